The van der Waals surface area contributed by atoms with Gasteiger partial charge in [-0.2, -0.15) is 5.26 Å². The lowest BCUT2D eigenvalue weighted by Crippen LogP contribution is -2.49. The Balaban J connectivity index is 1.33. The van der Waals surface area contributed by atoms with Gasteiger partial charge in [-0.15, -0.1) is 0 Å². The number of nitrogens with zero attached hydrogens (tertiary/aromatic N) is 4. The number of nitrogens with one attached hydrogen (secondary N) is 1. The molecule has 5 heterocycles. The number of piperidine rings is 1. The summed E-state index contributed by atoms with van der Waals surface area (Å²) in [6, 6.07) is 9.82. The standard InChI is InChI=1S/C37H33Cl2F4N5O/c1-16-21-14-27(34-22-12-19(13-23(22)35(41)42)47(34)36(49)37(43)7-8-37)48(32-18-11-26(32)45-15-18)33(21)24-10-17(4-3-9-44)28(30(40)31(24)46-16)20-5-2-6-25(38)29(20)39/h2,5-6,10,14,18-19,22-23,26,32,34-35,45H,3-4,7-8,11-13,15H2,1H3. The molecule has 7 atom stereocenters. The fourth-order valence-corrected chi connectivity index (χ4v) is 10.1. The summed E-state index contributed by atoms with van der Waals surface area (Å²) in [5, 5.41) is 14.8. The quantitative estimate of drug-likeness (QED) is 0.195. The molecular formula is C37H33Cl2F4N5O. The van der Waals surface area contributed by atoms with Crippen LogP contribution in [0.4, 0.5) is 17.6 Å². The summed E-state index contributed by atoms with van der Waals surface area (Å²) in [5.74, 6) is -2.39. The number of benzene rings is 2. The van der Waals surface area contributed by atoms with Crippen molar-refractivity contribution in [3.63, 3.8) is 0 Å². The molecule has 10 rings (SSSR count). The lowest BCUT2D eigenvalue weighted by Gasteiger charge is -2.43. The smallest absolute Gasteiger partial charge is 0.261 e. The molecule has 4 bridgehead atoms. The molecule has 2 aromatic heterocycles. The first kappa shape index (κ1) is 31.6. The lowest BCUT2D eigenvalue weighted by molar-refractivity contribution is -0.145. The number of hydrogen-bond donors (Lipinski definition) is 1. The number of amides is 1. The van der Waals surface area contributed by atoms with E-state index in [2.05, 4.69) is 16.0 Å². The highest BCUT2D eigenvalue weighted by atomic mass is 35.5. The molecule has 2 aromatic carbocycles. The Bertz CT molecular complexity index is 2110. The van der Waals surface area contributed by atoms with Crippen molar-refractivity contribution >= 4 is 50.9 Å². The van der Waals surface area contributed by atoms with Crippen LogP contribution in [0, 0.1) is 41.8 Å². The number of aryl methyl sites for hydroxylation is 2. The van der Waals surface area contributed by atoms with Crippen molar-refractivity contribution in [1.29, 1.82) is 5.26 Å². The van der Waals surface area contributed by atoms with Gasteiger partial charge in [0.05, 0.1) is 33.7 Å². The zero-order valence-corrected chi connectivity index (χ0v) is 28.1. The zero-order chi connectivity index (χ0) is 34.1. The molecule has 3 saturated carbocycles. The maximum Gasteiger partial charge on any atom is 0.261 e. The van der Waals surface area contributed by atoms with E-state index < -0.39 is 47.7 Å². The van der Waals surface area contributed by atoms with E-state index in [1.54, 1.807) is 30.0 Å². The molecule has 3 aliphatic carbocycles. The summed E-state index contributed by atoms with van der Waals surface area (Å²) in [7, 11) is 0. The molecule has 254 valence electrons. The molecule has 0 spiro atoms. The van der Waals surface area contributed by atoms with Gasteiger partial charge < -0.3 is 14.8 Å². The van der Waals surface area contributed by atoms with Crippen LogP contribution in [0.1, 0.15) is 67.6 Å². The average Bonchev–Trinajstić information content (AvgIpc) is 3.65. The van der Waals surface area contributed by atoms with Gasteiger partial charge in [0.25, 0.3) is 5.91 Å². The first-order valence-electron chi connectivity index (χ1n) is 17.0. The summed E-state index contributed by atoms with van der Waals surface area (Å²) in [5.41, 5.74) is 1.31. The Morgan fingerprint density at radius 3 is 2.65 bits per heavy atom. The number of fused-ring (bicyclic) bond motifs is 6. The minimum Gasteiger partial charge on any atom is -0.337 e. The number of hydrogen-bond acceptors (Lipinski definition) is 4. The number of carbonyl (C=O) groups excluding carboxylic acids is 1. The van der Waals surface area contributed by atoms with Crippen molar-refractivity contribution < 1.29 is 22.4 Å². The molecule has 49 heavy (non-hydrogen) atoms. The van der Waals surface area contributed by atoms with E-state index in [1.165, 1.54) is 0 Å². The molecule has 7 unspecified atom stereocenters. The molecule has 6 nitrogen and oxygen atoms in total. The van der Waals surface area contributed by atoms with E-state index in [0.717, 1.165) is 18.4 Å². The highest BCUT2D eigenvalue weighted by Crippen LogP contribution is 2.59. The summed E-state index contributed by atoms with van der Waals surface area (Å²) in [4.78, 5) is 20.2. The first-order chi connectivity index (χ1) is 23.5. The number of rotatable bonds is 7. The van der Waals surface area contributed by atoms with E-state index in [1.807, 2.05) is 12.1 Å². The second kappa shape index (κ2) is 11.1. The maximum absolute atomic E-state index is 17.1. The van der Waals surface area contributed by atoms with Gasteiger partial charge in [-0.05, 0) is 81.0 Å². The zero-order valence-electron chi connectivity index (χ0n) is 26.6. The largest absolute Gasteiger partial charge is 0.337 e. The number of likely N-dealkylation sites (tertiary alicyclic amines) is 1. The number of aromatic nitrogens is 2. The van der Waals surface area contributed by atoms with Gasteiger partial charge in [-0.25, -0.2) is 22.5 Å². The SMILES string of the molecule is Cc1nc2c(F)c(-c3cccc(Cl)c3Cl)c(CCC#N)cc2c2c1cc(C1C3CC(CC3C(F)F)N1C(=O)C1(F)CC1)n2C1C2CNC1C2. The lowest BCUT2D eigenvalue weighted by atomic mass is 9.79. The average molecular weight is 711 g/mol. The Morgan fingerprint density at radius 2 is 1.98 bits per heavy atom. The second-order valence-electron chi connectivity index (χ2n) is 14.7. The molecule has 1 amide bonds. The van der Waals surface area contributed by atoms with Crippen LogP contribution in [0.25, 0.3) is 32.9 Å². The van der Waals surface area contributed by atoms with Crippen LogP contribution in [-0.2, 0) is 11.2 Å². The highest BCUT2D eigenvalue weighted by molar-refractivity contribution is 6.43. The molecule has 1 N–H and O–H groups in total. The normalized spacial score (nSPS) is 29.3. The maximum atomic E-state index is 17.1. The van der Waals surface area contributed by atoms with Crippen molar-refractivity contribution in [1.82, 2.24) is 19.8 Å². The van der Waals surface area contributed by atoms with Crippen molar-refractivity contribution in [3.05, 3.63) is 63.1 Å². The van der Waals surface area contributed by atoms with E-state index in [0.29, 0.717) is 39.8 Å². The Hall–Kier alpha value is -3.39. The van der Waals surface area contributed by atoms with Gasteiger partial charge >= 0.3 is 0 Å². The molecule has 3 saturated heterocycles. The van der Waals surface area contributed by atoms with Crippen LogP contribution in [0.3, 0.4) is 0 Å². The van der Waals surface area contributed by atoms with Crippen molar-refractivity contribution in [2.75, 3.05) is 6.54 Å². The Morgan fingerprint density at radius 1 is 1.18 bits per heavy atom. The van der Waals surface area contributed by atoms with Crippen LogP contribution < -0.4 is 5.32 Å². The third-order valence-electron chi connectivity index (χ3n) is 12.1. The van der Waals surface area contributed by atoms with Crippen LogP contribution in [0.5, 0.6) is 0 Å². The number of nitriles is 1. The van der Waals surface area contributed by atoms with Gasteiger partial charge in [0.15, 0.2) is 11.5 Å². The predicted octanol–water partition coefficient (Wildman–Crippen LogP) is 8.65. The Labute approximate surface area is 290 Å². The summed E-state index contributed by atoms with van der Waals surface area (Å²) >= 11 is 13.0. The first-order valence-corrected chi connectivity index (χ1v) is 17.8. The van der Waals surface area contributed by atoms with Gasteiger partial charge in [-0.3, -0.25) is 4.79 Å². The third-order valence-corrected chi connectivity index (χ3v) is 12.9. The fraction of sp³-hybridized carbons (Fsp3) is 0.486. The molecule has 3 aliphatic heterocycles. The second-order valence-corrected chi connectivity index (χ2v) is 15.5. The van der Waals surface area contributed by atoms with Crippen molar-refractivity contribution in [2.45, 2.75) is 88.1 Å². The monoisotopic (exact) mass is 709 g/mol. The molecule has 6 fully saturated rings. The van der Waals surface area contributed by atoms with E-state index in [4.69, 9.17) is 28.2 Å². The minimum atomic E-state index is -2.56. The molecular weight excluding hydrogens is 677 g/mol. The molecule has 4 aromatic rings. The van der Waals surface area contributed by atoms with Crippen LogP contribution in [-0.4, -0.2) is 51.1 Å². The minimum absolute atomic E-state index is 0.0634. The number of halogens is 6. The molecule has 0 radical (unpaired) electrons. The van der Waals surface area contributed by atoms with Gasteiger partial charge in [0.1, 0.15) is 5.52 Å². The fourth-order valence-electron chi connectivity index (χ4n) is 9.67. The van der Waals surface area contributed by atoms with E-state index in [9.17, 15) is 18.8 Å². The van der Waals surface area contributed by atoms with Crippen LogP contribution in [0.15, 0.2) is 30.3 Å². The topological polar surface area (TPSA) is 74.0 Å². The number of alkyl halides is 3. The predicted molar refractivity (Wildman–Crippen MR) is 179 cm³/mol. The van der Waals surface area contributed by atoms with E-state index >= 15 is 8.78 Å². The Kier molecular flexibility index (Phi) is 7.12. The van der Waals surface area contributed by atoms with Gasteiger partial charge in [0.2, 0.25) is 6.43 Å². The van der Waals surface area contributed by atoms with Gasteiger partial charge in [-0.1, -0.05) is 35.3 Å². The van der Waals surface area contributed by atoms with Gasteiger partial charge in [0, 0.05) is 64.3 Å². The number of pyridine rings is 1. The third kappa shape index (κ3) is 4.47. The van der Waals surface area contributed by atoms with Crippen molar-refractivity contribution in [3.8, 4) is 17.2 Å². The van der Waals surface area contributed by atoms with Crippen LogP contribution >= 0.6 is 23.2 Å². The number of carbonyl (C=O) groups is 1. The molecule has 12 heteroatoms. The highest BCUT2D eigenvalue weighted by Gasteiger charge is 2.63. The summed E-state index contributed by atoms with van der Waals surface area (Å²) in [6.07, 6.45) is -0.419. The van der Waals surface area contributed by atoms with Crippen molar-refractivity contribution in [2.24, 2.45) is 17.8 Å². The van der Waals surface area contributed by atoms with E-state index in [-0.39, 0.29) is 71.2 Å². The summed E-state index contributed by atoms with van der Waals surface area (Å²) < 4.78 is 63.9. The summed E-state index contributed by atoms with van der Waals surface area (Å²) in [6.45, 7) is 2.58. The molecule has 6 aliphatic rings. The van der Waals surface area contributed by atoms with Crippen LogP contribution in [0.2, 0.25) is 10.0 Å².